The molecule has 1 atom stereocenters. The molecule has 0 amide bonds. The van der Waals surface area contributed by atoms with Gasteiger partial charge in [0.1, 0.15) is 4.21 Å². The van der Waals surface area contributed by atoms with Crippen molar-refractivity contribution < 1.29 is 8.42 Å². The summed E-state index contributed by atoms with van der Waals surface area (Å²) in [6.07, 6.45) is 1.03. The van der Waals surface area contributed by atoms with Crippen LogP contribution in [0.15, 0.2) is 44.2 Å². The molecule has 0 saturated carbocycles. The van der Waals surface area contributed by atoms with Crippen LogP contribution in [0.4, 0.5) is 0 Å². The van der Waals surface area contributed by atoms with Gasteiger partial charge in [0.25, 0.3) is 0 Å². The second kappa shape index (κ2) is 11.9. The highest BCUT2D eigenvalue weighted by Crippen LogP contribution is 2.15. The SMILES string of the molecule is CN=C(NCCNS(=O)(=O)c1cccs1)NCC(C)Cc1cccs1.I. The van der Waals surface area contributed by atoms with Crippen LogP contribution in [0.25, 0.3) is 0 Å². The molecule has 0 spiro atoms. The van der Waals surface area contributed by atoms with Gasteiger partial charge in [-0.15, -0.1) is 46.7 Å². The summed E-state index contributed by atoms with van der Waals surface area (Å²) in [6.45, 7) is 3.75. The number of rotatable bonds is 9. The lowest BCUT2D eigenvalue weighted by atomic mass is 10.1. The molecule has 0 aliphatic rings. The number of aliphatic imine (C=N–C) groups is 1. The van der Waals surface area contributed by atoms with Gasteiger partial charge in [0.2, 0.25) is 10.0 Å². The number of nitrogens with zero attached hydrogens (tertiary/aromatic N) is 1. The van der Waals surface area contributed by atoms with Crippen LogP contribution in [0.3, 0.4) is 0 Å². The third-order valence-electron chi connectivity index (χ3n) is 3.44. The van der Waals surface area contributed by atoms with Crippen molar-refractivity contribution in [3.63, 3.8) is 0 Å². The largest absolute Gasteiger partial charge is 0.356 e. The third-order valence-corrected chi connectivity index (χ3v) is 7.20. The van der Waals surface area contributed by atoms with Gasteiger partial charge in [-0.1, -0.05) is 19.1 Å². The molecule has 0 aromatic carbocycles. The van der Waals surface area contributed by atoms with E-state index < -0.39 is 10.0 Å². The van der Waals surface area contributed by atoms with E-state index in [-0.39, 0.29) is 24.0 Å². The Morgan fingerprint density at radius 1 is 1.15 bits per heavy atom. The molecule has 0 bridgehead atoms. The summed E-state index contributed by atoms with van der Waals surface area (Å²) in [5.41, 5.74) is 0. The fourth-order valence-corrected chi connectivity index (χ4v) is 5.13. The van der Waals surface area contributed by atoms with E-state index in [4.69, 9.17) is 0 Å². The van der Waals surface area contributed by atoms with E-state index in [9.17, 15) is 8.42 Å². The number of hydrogen-bond donors (Lipinski definition) is 3. The number of nitrogens with one attached hydrogen (secondary N) is 3. The molecule has 0 radical (unpaired) electrons. The highest BCUT2D eigenvalue weighted by molar-refractivity contribution is 14.0. The summed E-state index contributed by atoms with van der Waals surface area (Å²) in [5.74, 6) is 1.16. The van der Waals surface area contributed by atoms with Crippen molar-refractivity contribution in [3.05, 3.63) is 39.9 Å². The van der Waals surface area contributed by atoms with Gasteiger partial charge in [-0.2, -0.15) is 0 Å². The molecule has 1 unspecified atom stereocenters. The Bertz CT molecular complexity index is 747. The Balaban J connectivity index is 0.00000338. The molecule has 2 rings (SSSR count). The lowest BCUT2D eigenvalue weighted by molar-refractivity contribution is 0.561. The first-order valence-electron chi connectivity index (χ1n) is 8.01. The second-order valence-corrected chi connectivity index (χ2v) is 9.57. The highest BCUT2D eigenvalue weighted by atomic mass is 127. The molecule has 0 aliphatic carbocycles. The standard InChI is InChI=1S/C16H24N4O2S3.HI/c1-13(11-14-5-3-9-23-14)12-19-16(17-2)18-7-8-20-25(21,22)15-6-4-10-24-15;/h3-6,9-10,13,20H,7-8,11-12H2,1-2H3,(H2,17,18,19);1H. The Hall–Kier alpha value is -0.690. The van der Waals surface area contributed by atoms with Gasteiger partial charge in [0.05, 0.1) is 0 Å². The van der Waals surface area contributed by atoms with Crippen LogP contribution in [0.5, 0.6) is 0 Å². The molecule has 2 aromatic rings. The van der Waals surface area contributed by atoms with Crippen LogP contribution in [0.1, 0.15) is 11.8 Å². The number of halogens is 1. The lowest BCUT2D eigenvalue weighted by Crippen LogP contribution is -2.42. The molecule has 0 saturated heterocycles. The van der Waals surface area contributed by atoms with E-state index in [2.05, 4.69) is 44.8 Å². The average molecular weight is 529 g/mol. The van der Waals surface area contributed by atoms with Crippen molar-refractivity contribution in [2.45, 2.75) is 17.6 Å². The van der Waals surface area contributed by atoms with E-state index in [1.54, 1.807) is 35.9 Å². The van der Waals surface area contributed by atoms with Crippen LogP contribution < -0.4 is 15.4 Å². The predicted molar refractivity (Wildman–Crippen MR) is 121 cm³/mol. The Morgan fingerprint density at radius 3 is 2.50 bits per heavy atom. The first kappa shape index (κ1) is 23.3. The van der Waals surface area contributed by atoms with Gasteiger partial charge < -0.3 is 10.6 Å². The number of thiophene rings is 2. The minimum atomic E-state index is -3.41. The molecular formula is C16H25IN4O2S3. The van der Waals surface area contributed by atoms with Crippen LogP contribution in [0, 0.1) is 5.92 Å². The normalized spacial score (nSPS) is 13.1. The quantitative estimate of drug-likeness (QED) is 0.202. The number of guanidine groups is 1. The van der Waals surface area contributed by atoms with Crippen molar-refractivity contribution in [2.24, 2.45) is 10.9 Å². The van der Waals surface area contributed by atoms with E-state index in [1.165, 1.54) is 16.2 Å². The van der Waals surface area contributed by atoms with Gasteiger partial charge in [-0.3, -0.25) is 4.99 Å². The van der Waals surface area contributed by atoms with Gasteiger partial charge in [-0.25, -0.2) is 13.1 Å². The fraction of sp³-hybridized carbons (Fsp3) is 0.438. The van der Waals surface area contributed by atoms with E-state index in [1.807, 2.05) is 0 Å². The zero-order valence-electron chi connectivity index (χ0n) is 14.8. The molecule has 0 aliphatic heterocycles. The first-order chi connectivity index (χ1) is 12.0. The summed E-state index contributed by atoms with van der Waals surface area (Å²) < 4.78 is 26.9. The van der Waals surface area contributed by atoms with Crippen molar-refractivity contribution in [1.29, 1.82) is 0 Å². The molecule has 2 heterocycles. The van der Waals surface area contributed by atoms with Gasteiger partial charge in [0, 0.05) is 31.6 Å². The molecule has 10 heteroatoms. The molecule has 26 heavy (non-hydrogen) atoms. The molecule has 2 aromatic heterocycles. The summed E-state index contributed by atoms with van der Waals surface area (Å²) >= 11 is 2.98. The molecular weight excluding hydrogens is 503 g/mol. The molecule has 146 valence electrons. The number of hydrogen-bond acceptors (Lipinski definition) is 5. The maximum atomic E-state index is 12.0. The van der Waals surface area contributed by atoms with Gasteiger partial charge in [-0.05, 0) is 35.2 Å². The van der Waals surface area contributed by atoms with Crippen LogP contribution >= 0.6 is 46.7 Å². The summed E-state index contributed by atoms with van der Waals surface area (Å²) in [7, 11) is -1.70. The first-order valence-corrected chi connectivity index (χ1v) is 11.3. The zero-order chi connectivity index (χ0) is 18.1. The number of sulfonamides is 1. The monoisotopic (exact) mass is 528 g/mol. The Morgan fingerprint density at radius 2 is 1.88 bits per heavy atom. The van der Waals surface area contributed by atoms with Crippen LogP contribution in [-0.2, 0) is 16.4 Å². The maximum Gasteiger partial charge on any atom is 0.250 e. The second-order valence-electron chi connectivity index (χ2n) is 5.60. The molecule has 6 nitrogen and oxygen atoms in total. The fourth-order valence-electron chi connectivity index (χ4n) is 2.19. The lowest BCUT2D eigenvalue weighted by Gasteiger charge is -2.15. The maximum absolute atomic E-state index is 12.0. The van der Waals surface area contributed by atoms with Crippen molar-refractivity contribution >= 4 is 62.6 Å². The highest BCUT2D eigenvalue weighted by Gasteiger charge is 2.13. The predicted octanol–water partition coefficient (Wildman–Crippen LogP) is 2.75. The van der Waals surface area contributed by atoms with E-state index in [0.29, 0.717) is 29.2 Å². The molecule has 3 N–H and O–H groups in total. The summed E-state index contributed by atoms with van der Waals surface area (Å²) in [5, 5.41) is 10.2. The summed E-state index contributed by atoms with van der Waals surface area (Å²) in [4.78, 5) is 5.54. The van der Waals surface area contributed by atoms with Gasteiger partial charge in [0.15, 0.2) is 5.96 Å². The van der Waals surface area contributed by atoms with E-state index >= 15 is 0 Å². The topological polar surface area (TPSA) is 82.6 Å². The Labute approximate surface area is 180 Å². The average Bonchev–Trinajstić information content (AvgIpc) is 3.28. The third kappa shape index (κ3) is 7.91. The molecule has 0 fully saturated rings. The minimum Gasteiger partial charge on any atom is -0.356 e. The van der Waals surface area contributed by atoms with E-state index in [0.717, 1.165) is 13.0 Å². The van der Waals surface area contributed by atoms with Crippen molar-refractivity contribution in [3.8, 4) is 0 Å². The van der Waals surface area contributed by atoms with Crippen molar-refractivity contribution in [1.82, 2.24) is 15.4 Å². The summed E-state index contributed by atoms with van der Waals surface area (Å²) in [6, 6.07) is 7.53. The zero-order valence-corrected chi connectivity index (χ0v) is 19.5. The minimum absolute atomic E-state index is 0. The van der Waals surface area contributed by atoms with Gasteiger partial charge >= 0.3 is 0 Å². The smallest absolute Gasteiger partial charge is 0.250 e. The van der Waals surface area contributed by atoms with Crippen LogP contribution in [0.2, 0.25) is 0 Å². The van der Waals surface area contributed by atoms with Crippen LogP contribution in [-0.4, -0.2) is 41.1 Å². The van der Waals surface area contributed by atoms with Crippen molar-refractivity contribution in [2.75, 3.05) is 26.7 Å². The Kier molecular flexibility index (Phi) is 10.7.